The minimum absolute atomic E-state index is 0.698. The van der Waals surface area contributed by atoms with Crippen LogP contribution in [0.15, 0.2) is 60.8 Å². The highest BCUT2D eigenvalue weighted by molar-refractivity contribution is 5.76. The van der Waals surface area contributed by atoms with E-state index in [1.54, 1.807) is 0 Å². The summed E-state index contributed by atoms with van der Waals surface area (Å²) in [5, 5.41) is 0. The van der Waals surface area contributed by atoms with E-state index in [4.69, 9.17) is 0 Å². The second-order valence-electron chi connectivity index (χ2n) is 4.28. The lowest BCUT2D eigenvalue weighted by Crippen LogP contribution is -2.27. The van der Waals surface area contributed by atoms with E-state index in [2.05, 4.69) is 18.1 Å². The molecule has 0 saturated carbocycles. The van der Waals surface area contributed by atoms with E-state index in [9.17, 15) is 4.79 Å². The van der Waals surface area contributed by atoms with E-state index in [-0.39, 0.29) is 0 Å². The molecule has 2 rings (SSSR count). The Labute approximate surface area is 108 Å². The predicted molar refractivity (Wildman–Crippen MR) is 75.8 cm³/mol. The fourth-order valence-electron chi connectivity index (χ4n) is 2.30. The molecule has 1 aromatic carbocycles. The van der Waals surface area contributed by atoms with Gasteiger partial charge in [-0.3, -0.25) is 4.79 Å². The largest absolute Gasteiger partial charge is 0.341 e. The lowest BCUT2D eigenvalue weighted by Gasteiger charge is -2.31. The quantitative estimate of drug-likeness (QED) is 0.746. The number of anilines is 1. The van der Waals surface area contributed by atoms with E-state index >= 15 is 0 Å². The highest BCUT2D eigenvalue weighted by Crippen LogP contribution is 2.29. The molecule has 0 aliphatic carbocycles. The van der Waals surface area contributed by atoms with Crippen LogP contribution in [0.1, 0.15) is 23.2 Å². The molecule has 0 bridgehead atoms. The van der Waals surface area contributed by atoms with Crippen LogP contribution in [0.2, 0.25) is 0 Å². The molecule has 0 N–H and O–H groups in total. The first-order valence-corrected chi connectivity index (χ1v) is 6.11. The number of nitrogens with zero attached hydrogens (tertiary/aromatic N) is 1. The van der Waals surface area contributed by atoms with E-state index < -0.39 is 0 Å². The van der Waals surface area contributed by atoms with Crippen LogP contribution in [0.5, 0.6) is 0 Å². The van der Waals surface area contributed by atoms with E-state index in [0.717, 1.165) is 37.1 Å². The Kier molecular flexibility index (Phi) is 3.78. The standard InChI is InChI=1S/C16H17NO/c1-3-14-6-5-11-17(16(14)4-2)15-9-7-13(12-18)8-10-15/h3-4,7-10,12H,1-2,5-6,11H2. The number of benzene rings is 1. The first-order chi connectivity index (χ1) is 8.80. The molecule has 0 unspecified atom stereocenters. The van der Waals surface area contributed by atoms with Gasteiger partial charge in [0.2, 0.25) is 0 Å². The van der Waals surface area contributed by atoms with Crippen molar-refractivity contribution in [3.05, 3.63) is 66.4 Å². The number of rotatable bonds is 4. The van der Waals surface area contributed by atoms with Crippen LogP contribution >= 0.6 is 0 Å². The lowest BCUT2D eigenvalue weighted by molar-refractivity contribution is 0.112. The molecule has 0 atom stereocenters. The minimum atomic E-state index is 0.698. The van der Waals surface area contributed by atoms with Gasteiger partial charge in [-0.2, -0.15) is 0 Å². The Morgan fingerprint density at radius 1 is 1.11 bits per heavy atom. The molecular weight excluding hydrogens is 222 g/mol. The van der Waals surface area contributed by atoms with Crippen molar-refractivity contribution >= 4 is 12.0 Å². The van der Waals surface area contributed by atoms with Crippen LogP contribution in [0.25, 0.3) is 0 Å². The molecule has 0 saturated heterocycles. The summed E-state index contributed by atoms with van der Waals surface area (Å²) in [7, 11) is 0. The third-order valence-electron chi connectivity index (χ3n) is 3.23. The van der Waals surface area contributed by atoms with Crippen molar-refractivity contribution in [1.82, 2.24) is 0 Å². The molecule has 0 amide bonds. The van der Waals surface area contributed by atoms with Crippen molar-refractivity contribution in [3.8, 4) is 0 Å². The van der Waals surface area contributed by atoms with Gasteiger partial charge in [-0.15, -0.1) is 0 Å². The topological polar surface area (TPSA) is 20.3 Å². The molecule has 0 aromatic heterocycles. The van der Waals surface area contributed by atoms with Crippen molar-refractivity contribution in [1.29, 1.82) is 0 Å². The van der Waals surface area contributed by atoms with Gasteiger partial charge in [-0.1, -0.05) is 19.2 Å². The second kappa shape index (κ2) is 5.50. The Bertz CT molecular complexity index is 496. The monoisotopic (exact) mass is 239 g/mol. The maximum absolute atomic E-state index is 10.7. The highest BCUT2D eigenvalue weighted by atomic mass is 16.1. The van der Waals surface area contributed by atoms with Gasteiger partial charge in [0.05, 0.1) is 0 Å². The normalized spacial score (nSPS) is 15.4. The maximum atomic E-state index is 10.7. The van der Waals surface area contributed by atoms with E-state index in [0.29, 0.717) is 5.56 Å². The number of hydrogen-bond acceptors (Lipinski definition) is 2. The first kappa shape index (κ1) is 12.4. The molecule has 1 heterocycles. The van der Waals surface area contributed by atoms with Gasteiger partial charge in [0, 0.05) is 23.5 Å². The van der Waals surface area contributed by atoms with Crippen molar-refractivity contribution in [3.63, 3.8) is 0 Å². The molecular formula is C16H17NO. The summed E-state index contributed by atoms with van der Waals surface area (Å²) in [5.74, 6) is 0. The van der Waals surface area contributed by atoms with E-state index in [1.807, 2.05) is 36.4 Å². The SMILES string of the molecule is C=CC1=C(C=C)N(c2ccc(C=O)cc2)CCC1. The summed E-state index contributed by atoms with van der Waals surface area (Å²) in [6.45, 7) is 8.72. The fourth-order valence-corrected chi connectivity index (χ4v) is 2.30. The van der Waals surface area contributed by atoms with Gasteiger partial charge in [-0.25, -0.2) is 0 Å². The van der Waals surface area contributed by atoms with Gasteiger partial charge < -0.3 is 4.90 Å². The van der Waals surface area contributed by atoms with Gasteiger partial charge in [-0.05, 0) is 48.8 Å². The summed E-state index contributed by atoms with van der Waals surface area (Å²) in [5.41, 5.74) is 4.14. The summed E-state index contributed by atoms with van der Waals surface area (Å²) >= 11 is 0. The molecule has 0 radical (unpaired) electrons. The fraction of sp³-hybridized carbons (Fsp3) is 0.188. The smallest absolute Gasteiger partial charge is 0.150 e. The van der Waals surface area contributed by atoms with Crippen LogP contribution in [0, 0.1) is 0 Å². The lowest BCUT2D eigenvalue weighted by atomic mass is 10.0. The summed E-state index contributed by atoms with van der Waals surface area (Å²) < 4.78 is 0. The molecule has 18 heavy (non-hydrogen) atoms. The molecule has 1 aromatic rings. The average Bonchev–Trinajstić information content (AvgIpc) is 2.46. The zero-order valence-corrected chi connectivity index (χ0v) is 10.4. The zero-order valence-electron chi connectivity index (χ0n) is 10.4. The first-order valence-electron chi connectivity index (χ1n) is 6.11. The van der Waals surface area contributed by atoms with Crippen molar-refractivity contribution in [2.75, 3.05) is 11.4 Å². The van der Waals surface area contributed by atoms with Crippen LogP contribution in [0.3, 0.4) is 0 Å². The summed E-state index contributed by atoms with van der Waals surface area (Å²) in [6.07, 6.45) is 6.80. The Morgan fingerprint density at radius 2 is 1.83 bits per heavy atom. The molecule has 2 heteroatoms. The zero-order chi connectivity index (χ0) is 13.0. The van der Waals surface area contributed by atoms with Crippen molar-refractivity contribution < 1.29 is 4.79 Å². The number of allylic oxidation sites excluding steroid dienone is 3. The van der Waals surface area contributed by atoms with Gasteiger partial charge in [0.25, 0.3) is 0 Å². The molecule has 0 fully saturated rings. The molecule has 1 aliphatic rings. The second-order valence-corrected chi connectivity index (χ2v) is 4.28. The molecule has 92 valence electrons. The summed E-state index contributed by atoms with van der Waals surface area (Å²) in [4.78, 5) is 12.9. The van der Waals surface area contributed by atoms with Crippen molar-refractivity contribution in [2.45, 2.75) is 12.8 Å². The van der Waals surface area contributed by atoms with Crippen LogP contribution < -0.4 is 4.90 Å². The maximum Gasteiger partial charge on any atom is 0.150 e. The average molecular weight is 239 g/mol. The molecule has 0 spiro atoms. The van der Waals surface area contributed by atoms with Crippen molar-refractivity contribution in [2.24, 2.45) is 0 Å². The Morgan fingerprint density at radius 3 is 2.39 bits per heavy atom. The number of carbonyl (C=O) groups excluding carboxylic acids is 1. The number of hydrogen-bond donors (Lipinski definition) is 0. The van der Waals surface area contributed by atoms with Crippen LogP contribution in [0.4, 0.5) is 5.69 Å². The predicted octanol–water partition coefficient (Wildman–Crippen LogP) is 3.73. The van der Waals surface area contributed by atoms with Gasteiger partial charge in [0.1, 0.15) is 6.29 Å². The summed E-state index contributed by atoms with van der Waals surface area (Å²) in [6, 6.07) is 7.62. The number of carbonyl (C=O) groups is 1. The minimum Gasteiger partial charge on any atom is -0.341 e. The third kappa shape index (κ3) is 2.28. The van der Waals surface area contributed by atoms with Gasteiger partial charge >= 0.3 is 0 Å². The highest BCUT2D eigenvalue weighted by Gasteiger charge is 2.17. The molecule has 1 aliphatic heterocycles. The number of aldehydes is 1. The van der Waals surface area contributed by atoms with Crippen LogP contribution in [-0.2, 0) is 0 Å². The molecule has 2 nitrogen and oxygen atoms in total. The van der Waals surface area contributed by atoms with Crippen LogP contribution in [-0.4, -0.2) is 12.8 Å². The Hall–Kier alpha value is -2.09. The van der Waals surface area contributed by atoms with Gasteiger partial charge in [0.15, 0.2) is 0 Å². The van der Waals surface area contributed by atoms with E-state index in [1.165, 1.54) is 5.57 Å². The Balaban J connectivity index is 2.38. The third-order valence-corrected chi connectivity index (χ3v) is 3.23.